The topological polar surface area (TPSA) is 92.6 Å². The Labute approximate surface area is 193 Å². The average molecular weight is 458 g/mol. The number of carbonyl (C=O) groups excluding carboxylic acids is 2. The highest BCUT2D eigenvalue weighted by molar-refractivity contribution is 7.99. The minimum absolute atomic E-state index is 0.0437. The van der Waals surface area contributed by atoms with Crippen molar-refractivity contribution in [1.82, 2.24) is 10.2 Å². The molecular weight excluding hydrogens is 426 g/mol. The Kier molecular flexibility index (Phi) is 10.2. The number of unbranched alkanes of at least 4 members (excludes halogenated alkanes) is 1. The predicted molar refractivity (Wildman–Crippen MR) is 128 cm³/mol. The van der Waals surface area contributed by atoms with Crippen LogP contribution in [-0.4, -0.2) is 40.0 Å². The fourth-order valence-corrected chi connectivity index (χ4v) is 4.01. The van der Waals surface area contributed by atoms with E-state index in [2.05, 4.69) is 12.2 Å². The Hall–Kier alpha value is -2.87. The van der Waals surface area contributed by atoms with Crippen molar-refractivity contribution in [2.75, 3.05) is 12.3 Å². The Morgan fingerprint density at radius 2 is 1.84 bits per heavy atom. The minimum Gasteiger partial charge on any atom is -0.354 e. The Morgan fingerprint density at radius 1 is 1.16 bits per heavy atom. The van der Waals surface area contributed by atoms with Crippen LogP contribution in [0.3, 0.4) is 0 Å². The first-order valence-corrected chi connectivity index (χ1v) is 11.9. The first kappa shape index (κ1) is 25.4. The van der Waals surface area contributed by atoms with E-state index in [9.17, 15) is 19.7 Å². The molecule has 1 unspecified atom stereocenters. The van der Waals surface area contributed by atoms with Gasteiger partial charge in [0.1, 0.15) is 6.04 Å². The van der Waals surface area contributed by atoms with Crippen LogP contribution >= 0.6 is 11.8 Å². The van der Waals surface area contributed by atoms with Gasteiger partial charge in [-0.3, -0.25) is 19.7 Å². The van der Waals surface area contributed by atoms with Crippen LogP contribution in [0.25, 0.3) is 0 Å². The van der Waals surface area contributed by atoms with Gasteiger partial charge >= 0.3 is 0 Å². The monoisotopic (exact) mass is 457 g/mol. The molecule has 172 valence electrons. The van der Waals surface area contributed by atoms with Crippen LogP contribution in [0.4, 0.5) is 5.69 Å². The molecular formula is C24H31N3O4S. The van der Waals surface area contributed by atoms with Crippen molar-refractivity contribution in [2.24, 2.45) is 0 Å². The number of thioether (sulfide) groups is 1. The van der Waals surface area contributed by atoms with Crippen LogP contribution in [-0.2, 0) is 21.9 Å². The van der Waals surface area contributed by atoms with Gasteiger partial charge in [-0.15, -0.1) is 11.8 Å². The van der Waals surface area contributed by atoms with Crippen LogP contribution in [0, 0.1) is 17.0 Å². The maximum Gasteiger partial charge on any atom is 0.269 e. The summed E-state index contributed by atoms with van der Waals surface area (Å²) < 4.78 is 0. The summed E-state index contributed by atoms with van der Waals surface area (Å²) in [5.74, 6) is 0.508. The van der Waals surface area contributed by atoms with Crippen LogP contribution in [0.2, 0.25) is 0 Å². The predicted octanol–water partition coefficient (Wildman–Crippen LogP) is 4.47. The van der Waals surface area contributed by atoms with E-state index in [1.807, 2.05) is 31.2 Å². The summed E-state index contributed by atoms with van der Waals surface area (Å²) in [5.41, 5.74) is 3.03. The van der Waals surface area contributed by atoms with Crippen LogP contribution in [0.5, 0.6) is 0 Å². The third-order valence-electron chi connectivity index (χ3n) is 5.24. The molecule has 1 atom stereocenters. The van der Waals surface area contributed by atoms with E-state index in [1.54, 1.807) is 24.0 Å². The number of benzene rings is 2. The summed E-state index contributed by atoms with van der Waals surface area (Å²) in [6.45, 7) is 6.78. The zero-order valence-corrected chi connectivity index (χ0v) is 19.7. The van der Waals surface area contributed by atoms with E-state index in [4.69, 9.17) is 0 Å². The molecule has 2 aromatic carbocycles. The molecule has 8 heteroatoms. The summed E-state index contributed by atoms with van der Waals surface area (Å²) in [5, 5.41) is 13.7. The molecule has 2 rings (SSSR count). The molecule has 0 aliphatic rings. The average Bonchev–Trinajstić information content (AvgIpc) is 2.78. The van der Waals surface area contributed by atoms with Gasteiger partial charge in [0.25, 0.3) is 5.69 Å². The van der Waals surface area contributed by atoms with Crippen LogP contribution < -0.4 is 5.32 Å². The Morgan fingerprint density at radius 3 is 2.47 bits per heavy atom. The van der Waals surface area contributed by atoms with Crippen molar-refractivity contribution in [1.29, 1.82) is 0 Å². The Balaban J connectivity index is 2.04. The highest BCUT2D eigenvalue weighted by atomic mass is 32.2. The van der Waals surface area contributed by atoms with Crippen LogP contribution in [0.15, 0.2) is 48.5 Å². The number of amides is 2. The second kappa shape index (κ2) is 12.9. The fraction of sp³-hybridized carbons (Fsp3) is 0.417. The number of nitro groups is 1. The molecule has 2 amide bonds. The maximum atomic E-state index is 13.1. The van der Waals surface area contributed by atoms with Gasteiger partial charge in [0.15, 0.2) is 0 Å². The van der Waals surface area contributed by atoms with E-state index in [1.165, 1.54) is 23.9 Å². The standard InChI is InChI=1S/C24H31N3O4S/c1-4-5-14-25-24(29)19(3)26(15-21-9-7-6-8-18(21)2)23(28)17-32-16-20-10-12-22(13-11-20)27(30)31/h6-13,19H,4-5,14-17H2,1-3H3,(H,25,29). The SMILES string of the molecule is CCCCNC(=O)C(C)N(Cc1ccccc1C)C(=O)CSCc1ccc([N+](=O)[O-])cc1. The number of hydrogen-bond acceptors (Lipinski definition) is 5. The molecule has 7 nitrogen and oxygen atoms in total. The smallest absolute Gasteiger partial charge is 0.269 e. The number of aryl methyl sites for hydroxylation is 1. The molecule has 0 radical (unpaired) electrons. The van der Waals surface area contributed by atoms with Gasteiger partial charge < -0.3 is 10.2 Å². The molecule has 0 aliphatic carbocycles. The number of nitrogens with zero attached hydrogens (tertiary/aromatic N) is 2. The van der Waals surface area contributed by atoms with Crippen molar-refractivity contribution in [3.05, 3.63) is 75.3 Å². The normalized spacial score (nSPS) is 11.6. The van der Waals surface area contributed by atoms with Crippen molar-refractivity contribution >= 4 is 29.3 Å². The molecule has 0 spiro atoms. The van der Waals surface area contributed by atoms with E-state index < -0.39 is 11.0 Å². The summed E-state index contributed by atoms with van der Waals surface area (Å²) in [4.78, 5) is 37.7. The Bertz CT molecular complexity index is 918. The summed E-state index contributed by atoms with van der Waals surface area (Å²) in [7, 11) is 0. The largest absolute Gasteiger partial charge is 0.354 e. The molecule has 32 heavy (non-hydrogen) atoms. The second-order valence-corrected chi connectivity index (χ2v) is 8.67. The summed E-state index contributed by atoms with van der Waals surface area (Å²) in [6.07, 6.45) is 1.88. The number of nitrogens with one attached hydrogen (secondary N) is 1. The van der Waals surface area contributed by atoms with Crippen molar-refractivity contribution in [3.63, 3.8) is 0 Å². The third-order valence-corrected chi connectivity index (χ3v) is 6.23. The fourth-order valence-electron chi connectivity index (χ4n) is 3.14. The molecule has 0 saturated heterocycles. The number of non-ortho nitro benzene ring substituents is 1. The van der Waals surface area contributed by atoms with Gasteiger partial charge in [-0.1, -0.05) is 49.7 Å². The molecule has 0 bridgehead atoms. The lowest BCUT2D eigenvalue weighted by Gasteiger charge is -2.29. The van der Waals surface area contributed by atoms with Gasteiger partial charge in [0, 0.05) is 31.0 Å². The molecule has 0 saturated carbocycles. The second-order valence-electron chi connectivity index (χ2n) is 7.69. The van der Waals surface area contributed by atoms with E-state index >= 15 is 0 Å². The van der Waals surface area contributed by atoms with E-state index in [0.717, 1.165) is 29.5 Å². The summed E-state index contributed by atoms with van der Waals surface area (Å²) in [6, 6.07) is 13.6. The maximum absolute atomic E-state index is 13.1. The molecule has 0 aromatic heterocycles. The number of rotatable bonds is 12. The number of carbonyl (C=O) groups is 2. The quantitative estimate of drug-likeness (QED) is 0.288. The first-order chi connectivity index (χ1) is 15.3. The molecule has 2 aromatic rings. The molecule has 1 N–H and O–H groups in total. The van der Waals surface area contributed by atoms with Crippen molar-refractivity contribution in [2.45, 2.75) is 52.0 Å². The summed E-state index contributed by atoms with van der Waals surface area (Å²) >= 11 is 1.43. The minimum atomic E-state index is -0.584. The van der Waals surface area contributed by atoms with Crippen LogP contribution in [0.1, 0.15) is 43.4 Å². The third kappa shape index (κ3) is 7.67. The zero-order chi connectivity index (χ0) is 23.5. The first-order valence-electron chi connectivity index (χ1n) is 10.8. The lowest BCUT2D eigenvalue weighted by molar-refractivity contribution is -0.384. The highest BCUT2D eigenvalue weighted by Crippen LogP contribution is 2.19. The number of nitro benzene ring substituents is 1. The van der Waals surface area contributed by atoms with E-state index in [-0.39, 0.29) is 23.3 Å². The lowest BCUT2D eigenvalue weighted by atomic mass is 10.1. The lowest BCUT2D eigenvalue weighted by Crippen LogP contribution is -2.48. The zero-order valence-electron chi connectivity index (χ0n) is 18.9. The highest BCUT2D eigenvalue weighted by Gasteiger charge is 2.26. The molecule has 0 fully saturated rings. The van der Waals surface area contributed by atoms with Gasteiger partial charge in [0.05, 0.1) is 10.7 Å². The number of hydrogen-bond donors (Lipinski definition) is 1. The van der Waals surface area contributed by atoms with Crippen molar-refractivity contribution < 1.29 is 14.5 Å². The van der Waals surface area contributed by atoms with E-state index in [0.29, 0.717) is 18.8 Å². The van der Waals surface area contributed by atoms with Crippen molar-refractivity contribution in [3.8, 4) is 0 Å². The molecule has 0 aliphatic heterocycles. The molecule has 0 heterocycles. The van der Waals surface area contributed by atoms with Gasteiger partial charge in [-0.25, -0.2) is 0 Å². The van der Waals surface area contributed by atoms with Gasteiger partial charge in [-0.05, 0) is 37.0 Å². The van der Waals surface area contributed by atoms with Gasteiger partial charge in [-0.2, -0.15) is 0 Å². The van der Waals surface area contributed by atoms with Gasteiger partial charge in [0.2, 0.25) is 11.8 Å².